The van der Waals surface area contributed by atoms with Gasteiger partial charge in [0.15, 0.2) is 17.4 Å². The molecular formula is C8H3ClN2O3. The number of carbonyl (C=O) groups excluding carboxylic acids is 1. The molecule has 0 aliphatic heterocycles. The largest absolute Gasteiger partial charge is 0.460 e. The summed E-state index contributed by atoms with van der Waals surface area (Å²) in [6.07, 6.45) is 2.75. The maximum atomic E-state index is 11.5. The molecule has 0 saturated carbocycles. The molecule has 14 heavy (non-hydrogen) atoms. The minimum Gasteiger partial charge on any atom is -0.460 e. The Morgan fingerprint density at radius 3 is 3.00 bits per heavy atom. The fourth-order valence-electron chi connectivity index (χ4n) is 0.997. The summed E-state index contributed by atoms with van der Waals surface area (Å²) in [5.41, 5.74) is -0.391. The summed E-state index contributed by atoms with van der Waals surface area (Å²) in [5.74, 6) is 0. The van der Waals surface area contributed by atoms with Crippen LogP contribution in [0.1, 0.15) is 10.4 Å². The van der Waals surface area contributed by atoms with Crippen molar-refractivity contribution in [2.24, 2.45) is 0 Å². The summed E-state index contributed by atoms with van der Waals surface area (Å²) in [5, 5.41) is -0.0622. The van der Waals surface area contributed by atoms with Crippen LogP contribution < -0.4 is 5.43 Å². The summed E-state index contributed by atoms with van der Waals surface area (Å²) in [4.78, 5) is 29.2. The van der Waals surface area contributed by atoms with E-state index in [1.54, 1.807) is 0 Å². The first-order valence-electron chi connectivity index (χ1n) is 3.61. The van der Waals surface area contributed by atoms with Gasteiger partial charge in [0.1, 0.15) is 6.26 Å². The minimum atomic E-state index is -0.509. The van der Waals surface area contributed by atoms with Crippen LogP contribution >= 0.6 is 11.6 Å². The molecule has 2 heterocycles. The predicted molar refractivity (Wildman–Crippen MR) is 48.5 cm³/mol. The molecule has 2 rings (SSSR count). The molecule has 0 bridgehead atoms. The quantitative estimate of drug-likeness (QED) is 0.520. The number of carbonyl (C=O) groups is 1. The van der Waals surface area contributed by atoms with Crippen molar-refractivity contribution in [1.29, 1.82) is 0 Å². The van der Waals surface area contributed by atoms with Crippen LogP contribution in [0.25, 0.3) is 11.1 Å². The molecule has 0 spiro atoms. The average Bonchev–Trinajstić information content (AvgIpc) is 2.20. The second kappa shape index (κ2) is 3.19. The van der Waals surface area contributed by atoms with E-state index in [1.165, 1.54) is 6.20 Å². The van der Waals surface area contributed by atoms with Gasteiger partial charge in [0.25, 0.3) is 0 Å². The first-order chi connectivity index (χ1) is 6.72. The third-order valence-electron chi connectivity index (χ3n) is 1.64. The van der Waals surface area contributed by atoms with Gasteiger partial charge in [-0.1, -0.05) is 0 Å². The molecule has 0 radical (unpaired) electrons. The molecule has 2 aromatic heterocycles. The maximum Gasteiger partial charge on any atom is 0.223 e. The Morgan fingerprint density at radius 2 is 2.29 bits per heavy atom. The Hall–Kier alpha value is -1.75. The van der Waals surface area contributed by atoms with Crippen molar-refractivity contribution >= 4 is 29.0 Å². The van der Waals surface area contributed by atoms with Crippen LogP contribution in [0.3, 0.4) is 0 Å². The highest BCUT2D eigenvalue weighted by Gasteiger charge is 2.08. The molecule has 70 valence electrons. The fraction of sp³-hybridized carbons (Fsp3) is 0. The lowest BCUT2D eigenvalue weighted by molar-refractivity contribution is 0.112. The monoisotopic (exact) mass is 210 g/mol. The van der Waals surface area contributed by atoms with Gasteiger partial charge in [0.05, 0.1) is 11.8 Å². The highest BCUT2D eigenvalue weighted by Crippen LogP contribution is 2.09. The Labute approximate surface area is 82.3 Å². The van der Waals surface area contributed by atoms with E-state index in [0.29, 0.717) is 6.29 Å². The Kier molecular flexibility index (Phi) is 2.01. The summed E-state index contributed by atoms with van der Waals surface area (Å²) >= 11 is 5.50. The van der Waals surface area contributed by atoms with Crippen molar-refractivity contribution in [3.8, 4) is 0 Å². The first kappa shape index (κ1) is 8.83. The summed E-state index contributed by atoms with van der Waals surface area (Å²) in [7, 11) is 0. The van der Waals surface area contributed by atoms with Crippen LogP contribution in [0, 0.1) is 0 Å². The molecule has 0 atom stereocenters. The number of aromatic nitrogens is 2. The number of hydrogen-bond acceptors (Lipinski definition) is 5. The zero-order chi connectivity index (χ0) is 10.1. The highest BCUT2D eigenvalue weighted by atomic mass is 35.5. The second-order valence-electron chi connectivity index (χ2n) is 2.49. The number of halogens is 1. The van der Waals surface area contributed by atoms with Crippen molar-refractivity contribution in [3.05, 3.63) is 33.5 Å². The van der Waals surface area contributed by atoms with E-state index in [0.717, 1.165) is 6.26 Å². The Bertz CT molecular complexity index is 564. The zero-order valence-electron chi connectivity index (χ0n) is 6.73. The molecule has 0 saturated heterocycles. The van der Waals surface area contributed by atoms with Gasteiger partial charge in [-0.05, 0) is 11.6 Å². The average molecular weight is 211 g/mol. The molecule has 0 aliphatic rings. The third-order valence-corrected chi connectivity index (χ3v) is 1.82. The van der Waals surface area contributed by atoms with E-state index >= 15 is 0 Å². The number of fused-ring (bicyclic) bond motifs is 1. The maximum absolute atomic E-state index is 11.5. The molecule has 0 aliphatic carbocycles. The molecular weight excluding hydrogens is 208 g/mol. The van der Waals surface area contributed by atoms with Crippen molar-refractivity contribution in [1.82, 2.24) is 9.97 Å². The molecule has 0 unspecified atom stereocenters. The van der Waals surface area contributed by atoms with Crippen LogP contribution in [0.15, 0.2) is 21.7 Å². The van der Waals surface area contributed by atoms with Crippen molar-refractivity contribution < 1.29 is 9.21 Å². The van der Waals surface area contributed by atoms with Gasteiger partial charge in [0, 0.05) is 0 Å². The smallest absolute Gasteiger partial charge is 0.223 e. The second-order valence-corrected chi connectivity index (χ2v) is 2.83. The van der Waals surface area contributed by atoms with Gasteiger partial charge in [-0.3, -0.25) is 9.59 Å². The Morgan fingerprint density at radius 1 is 1.50 bits per heavy atom. The summed E-state index contributed by atoms with van der Waals surface area (Å²) in [6, 6.07) is 0. The number of aldehydes is 1. The Balaban J connectivity index is 2.93. The zero-order valence-corrected chi connectivity index (χ0v) is 7.49. The lowest BCUT2D eigenvalue weighted by Crippen LogP contribution is -2.09. The minimum absolute atomic E-state index is 0.00889. The number of nitrogens with zero attached hydrogens (tertiary/aromatic N) is 2. The van der Waals surface area contributed by atoms with Crippen LogP contribution in [-0.4, -0.2) is 16.3 Å². The van der Waals surface area contributed by atoms with Crippen molar-refractivity contribution in [3.63, 3.8) is 0 Å². The topological polar surface area (TPSA) is 73.1 Å². The van der Waals surface area contributed by atoms with E-state index in [-0.39, 0.29) is 21.9 Å². The molecule has 6 heteroatoms. The van der Waals surface area contributed by atoms with E-state index < -0.39 is 5.43 Å². The lowest BCUT2D eigenvalue weighted by Gasteiger charge is -1.95. The summed E-state index contributed by atoms with van der Waals surface area (Å²) in [6.45, 7) is 0. The van der Waals surface area contributed by atoms with Gasteiger partial charge in [-0.2, -0.15) is 0 Å². The van der Waals surface area contributed by atoms with E-state index in [9.17, 15) is 9.59 Å². The van der Waals surface area contributed by atoms with Gasteiger partial charge in [-0.25, -0.2) is 9.97 Å². The van der Waals surface area contributed by atoms with Crippen LogP contribution in [-0.2, 0) is 0 Å². The van der Waals surface area contributed by atoms with E-state index in [2.05, 4.69) is 9.97 Å². The molecule has 0 N–H and O–H groups in total. The SMILES string of the molecule is O=Cc1coc2cnc(Cl)nc2c1=O. The fourth-order valence-corrected chi connectivity index (χ4v) is 1.13. The normalized spacial score (nSPS) is 10.4. The molecule has 5 nitrogen and oxygen atoms in total. The van der Waals surface area contributed by atoms with E-state index in [4.69, 9.17) is 16.0 Å². The van der Waals surface area contributed by atoms with Gasteiger partial charge in [0.2, 0.25) is 10.7 Å². The van der Waals surface area contributed by atoms with E-state index in [1.807, 2.05) is 0 Å². The molecule has 0 fully saturated rings. The number of rotatable bonds is 1. The summed E-state index contributed by atoms with van der Waals surface area (Å²) < 4.78 is 4.95. The van der Waals surface area contributed by atoms with Crippen LogP contribution in [0.2, 0.25) is 5.28 Å². The van der Waals surface area contributed by atoms with Gasteiger partial charge >= 0.3 is 0 Å². The van der Waals surface area contributed by atoms with Gasteiger partial charge in [-0.15, -0.1) is 0 Å². The highest BCUT2D eigenvalue weighted by molar-refractivity contribution is 6.28. The van der Waals surface area contributed by atoms with Crippen LogP contribution in [0.4, 0.5) is 0 Å². The lowest BCUT2D eigenvalue weighted by atomic mass is 10.3. The van der Waals surface area contributed by atoms with Crippen molar-refractivity contribution in [2.45, 2.75) is 0 Å². The molecule has 2 aromatic rings. The van der Waals surface area contributed by atoms with Gasteiger partial charge < -0.3 is 4.42 Å². The molecule has 0 aromatic carbocycles. The predicted octanol–water partition coefficient (Wildman–Crippen LogP) is 1.05. The standard InChI is InChI=1S/C8H3ClN2O3/c9-8-10-1-5-6(11-8)7(13)4(2-12)3-14-5/h1-3H. The molecule has 0 amide bonds. The third kappa shape index (κ3) is 1.27. The van der Waals surface area contributed by atoms with Crippen LogP contribution in [0.5, 0.6) is 0 Å². The number of hydrogen-bond donors (Lipinski definition) is 0. The first-order valence-corrected chi connectivity index (χ1v) is 3.99. The van der Waals surface area contributed by atoms with Crippen molar-refractivity contribution in [2.75, 3.05) is 0 Å².